The number of likely N-dealkylation sites (N-methyl/N-ethyl adjacent to an activating group) is 1. The molecule has 25 heavy (non-hydrogen) atoms. The van der Waals surface area contributed by atoms with Crippen molar-refractivity contribution in [3.63, 3.8) is 0 Å². The van der Waals surface area contributed by atoms with Gasteiger partial charge in [0.05, 0.1) is 6.21 Å². The van der Waals surface area contributed by atoms with Gasteiger partial charge in [-0.1, -0.05) is 13.8 Å². The minimum Gasteiger partial charge on any atom is -0.444 e. The quantitative estimate of drug-likeness (QED) is 0.491. The van der Waals surface area contributed by atoms with E-state index in [-0.39, 0.29) is 23.3 Å². The maximum Gasteiger partial charge on any atom is 0.347 e. The zero-order valence-corrected chi connectivity index (χ0v) is 15.3. The van der Waals surface area contributed by atoms with E-state index in [1.165, 1.54) is 23.2 Å². The van der Waals surface area contributed by atoms with Crippen LogP contribution in [0.2, 0.25) is 0 Å². The molecule has 10 heteroatoms. The van der Waals surface area contributed by atoms with Gasteiger partial charge in [0.1, 0.15) is 12.3 Å². The Balaban J connectivity index is 2.00. The highest BCUT2D eigenvalue weighted by Gasteiger charge is 2.35. The number of amides is 3. The molecular weight excluding hydrogens is 348 g/mol. The Morgan fingerprint density at radius 2 is 1.96 bits per heavy atom. The topological polar surface area (TPSA) is 104 Å². The molecule has 1 aliphatic rings. The minimum absolute atomic E-state index is 0.146. The van der Waals surface area contributed by atoms with E-state index >= 15 is 0 Å². The average molecular weight is 370 g/mol. The van der Waals surface area contributed by atoms with Crippen LogP contribution in [0.25, 0.3) is 0 Å². The molecule has 1 aromatic rings. The third kappa shape index (κ3) is 4.67. The van der Waals surface area contributed by atoms with Crippen molar-refractivity contribution in [3.05, 3.63) is 17.9 Å². The van der Waals surface area contributed by atoms with E-state index in [2.05, 4.69) is 10.0 Å². The fraction of sp³-hybridized carbons (Fsp3) is 0.533. The molecule has 0 aliphatic carbocycles. The second-order valence-corrected chi connectivity index (χ2v) is 7.53. The number of sulfone groups is 1. The summed E-state index contributed by atoms with van der Waals surface area (Å²) in [5, 5.41) is 4.79. The van der Waals surface area contributed by atoms with Crippen molar-refractivity contribution in [3.8, 4) is 0 Å². The van der Waals surface area contributed by atoms with Crippen LogP contribution in [0.3, 0.4) is 0 Å². The summed E-state index contributed by atoms with van der Waals surface area (Å²) in [6.07, 6.45) is 2.25. The number of carbonyl (C=O) groups excluding carboxylic acids is 2. The number of nitrogens with zero attached hydrogens (tertiary/aromatic N) is 4. The first-order chi connectivity index (χ1) is 11.8. The normalized spacial score (nSPS) is 16.0. The van der Waals surface area contributed by atoms with Crippen LogP contribution in [0.1, 0.15) is 19.6 Å². The molecule has 0 saturated carbocycles. The lowest BCUT2D eigenvalue weighted by molar-refractivity contribution is -0.125. The molecule has 9 nitrogen and oxygen atoms in total. The van der Waals surface area contributed by atoms with Crippen LogP contribution in [0.4, 0.5) is 4.79 Å². The van der Waals surface area contributed by atoms with Gasteiger partial charge in [-0.3, -0.25) is 9.69 Å². The molecule has 0 atom stereocenters. The molecule has 0 spiro atoms. The molecule has 2 rings (SSSR count). The van der Waals surface area contributed by atoms with Crippen molar-refractivity contribution < 1.29 is 22.4 Å². The fourth-order valence-corrected chi connectivity index (χ4v) is 2.91. The largest absolute Gasteiger partial charge is 0.444 e. The SMILES string of the molecule is CCN(CC)CCN1C(=O)CN(/N=C/c2ccc(S(C)(=O)=O)o2)C1=O. The Hall–Kier alpha value is -2.20. The summed E-state index contributed by atoms with van der Waals surface area (Å²) in [7, 11) is -3.44. The number of furan rings is 1. The molecule has 1 aliphatic heterocycles. The lowest BCUT2D eigenvalue weighted by atomic mass is 10.4. The number of imide groups is 1. The van der Waals surface area contributed by atoms with Gasteiger partial charge in [0.2, 0.25) is 14.9 Å². The van der Waals surface area contributed by atoms with Crippen molar-refractivity contribution in [1.82, 2.24) is 14.8 Å². The van der Waals surface area contributed by atoms with Crippen molar-refractivity contribution >= 4 is 28.0 Å². The van der Waals surface area contributed by atoms with Gasteiger partial charge in [-0.15, -0.1) is 0 Å². The monoisotopic (exact) mass is 370 g/mol. The summed E-state index contributed by atoms with van der Waals surface area (Å²) in [6, 6.07) is 2.24. The van der Waals surface area contributed by atoms with E-state index in [1.807, 2.05) is 13.8 Å². The van der Waals surface area contributed by atoms with Gasteiger partial charge in [0.25, 0.3) is 5.91 Å². The van der Waals surface area contributed by atoms with Gasteiger partial charge in [-0.25, -0.2) is 18.2 Å². The maximum absolute atomic E-state index is 12.3. The van der Waals surface area contributed by atoms with Crippen LogP contribution in [0.5, 0.6) is 0 Å². The number of urea groups is 1. The molecule has 1 fully saturated rings. The van der Waals surface area contributed by atoms with Crippen molar-refractivity contribution in [2.24, 2.45) is 5.10 Å². The highest BCUT2D eigenvalue weighted by atomic mass is 32.2. The highest BCUT2D eigenvalue weighted by Crippen LogP contribution is 2.14. The summed E-state index contributed by atoms with van der Waals surface area (Å²) in [4.78, 5) is 27.5. The van der Waals surface area contributed by atoms with Gasteiger partial charge in [-0.2, -0.15) is 5.10 Å². The molecule has 0 unspecified atom stereocenters. The molecule has 0 radical (unpaired) electrons. The number of rotatable bonds is 8. The molecule has 1 aromatic heterocycles. The van der Waals surface area contributed by atoms with E-state index in [9.17, 15) is 18.0 Å². The number of hydrazone groups is 1. The summed E-state index contributed by atoms with van der Waals surface area (Å²) >= 11 is 0. The standard InChI is InChI=1S/C15H22N4O5S/c1-4-17(5-2)8-9-18-13(20)11-19(15(18)21)16-10-12-6-7-14(24-12)25(3,22)23/h6-7,10H,4-5,8-9,11H2,1-3H3/b16-10+. The van der Waals surface area contributed by atoms with Gasteiger partial charge in [0.15, 0.2) is 0 Å². The van der Waals surface area contributed by atoms with Crippen LogP contribution in [0, 0.1) is 0 Å². The third-order valence-corrected chi connectivity index (χ3v) is 4.81. The number of hydrogen-bond donors (Lipinski definition) is 0. The van der Waals surface area contributed by atoms with Gasteiger partial charge < -0.3 is 9.32 Å². The summed E-state index contributed by atoms with van der Waals surface area (Å²) in [6.45, 7) is 6.49. The maximum atomic E-state index is 12.3. The van der Waals surface area contributed by atoms with Crippen LogP contribution >= 0.6 is 0 Å². The first kappa shape index (κ1) is 19.1. The Kier molecular flexibility index (Phi) is 5.96. The molecule has 2 heterocycles. The number of hydrogen-bond acceptors (Lipinski definition) is 7. The second kappa shape index (κ2) is 7.79. The van der Waals surface area contributed by atoms with Crippen molar-refractivity contribution in [2.45, 2.75) is 18.9 Å². The Morgan fingerprint density at radius 3 is 2.52 bits per heavy atom. The van der Waals surface area contributed by atoms with Crippen LogP contribution in [-0.2, 0) is 14.6 Å². The van der Waals surface area contributed by atoms with Gasteiger partial charge >= 0.3 is 6.03 Å². The Bertz CT molecular complexity index is 767. The fourth-order valence-electron chi connectivity index (χ4n) is 2.35. The predicted molar refractivity (Wildman–Crippen MR) is 91.0 cm³/mol. The van der Waals surface area contributed by atoms with Crippen LogP contribution < -0.4 is 0 Å². The lowest BCUT2D eigenvalue weighted by Crippen LogP contribution is -2.38. The smallest absolute Gasteiger partial charge is 0.347 e. The molecule has 1 saturated heterocycles. The van der Waals surface area contributed by atoms with E-state index < -0.39 is 15.9 Å². The molecule has 138 valence electrons. The van der Waals surface area contributed by atoms with E-state index in [1.54, 1.807) is 0 Å². The highest BCUT2D eigenvalue weighted by molar-refractivity contribution is 7.90. The number of carbonyl (C=O) groups is 2. The molecule has 3 amide bonds. The van der Waals surface area contributed by atoms with E-state index in [0.29, 0.717) is 13.1 Å². The van der Waals surface area contributed by atoms with Gasteiger partial charge in [0, 0.05) is 19.3 Å². The average Bonchev–Trinajstić information content (AvgIpc) is 3.13. The van der Waals surface area contributed by atoms with Crippen LogP contribution in [0.15, 0.2) is 26.7 Å². The Labute approximate surface area is 146 Å². The molecular formula is C15H22N4O5S. The summed E-state index contributed by atoms with van der Waals surface area (Å²) in [5.74, 6) is -0.132. The second-order valence-electron chi connectivity index (χ2n) is 5.59. The van der Waals surface area contributed by atoms with E-state index in [0.717, 1.165) is 24.4 Å². The summed E-state index contributed by atoms with van der Waals surface area (Å²) in [5.41, 5.74) is 0. The van der Waals surface area contributed by atoms with E-state index in [4.69, 9.17) is 4.42 Å². The lowest BCUT2D eigenvalue weighted by Gasteiger charge is -2.21. The Morgan fingerprint density at radius 1 is 1.28 bits per heavy atom. The first-order valence-corrected chi connectivity index (χ1v) is 9.83. The van der Waals surface area contributed by atoms with Crippen molar-refractivity contribution in [2.75, 3.05) is 39.0 Å². The predicted octanol–water partition coefficient (Wildman–Crippen LogP) is 0.623. The van der Waals surface area contributed by atoms with Gasteiger partial charge in [-0.05, 0) is 25.2 Å². The molecule has 0 aromatic carbocycles. The zero-order chi connectivity index (χ0) is 18.6. The first-order valence-electron chi connectivity index (χ1n) is 7.94. The van der Waals surface area contributed by atoms with Crippen LogP contribution in [-0.4, -0.2) is 80.4 Å². The zero-order valence-electron chi connectivity index (χ0n) is 14.5. The molecule has 0 N–H and O–H groups in total. The third-order valence-electron chi connectivity index (χ3n) is 3.86. The molecule has 0 bridgehead atoms. The van der Waals surface area contributed by atoms with Crippen molar-refractivity contribution in [1.29, 1.82) is 0 Å². The minimum atomic E-state index is -3.44. The summed E-state index contributed by atoms with van der Waals surface area (Å²) < 4.78 is 27.9.